The van der Waals surface area contributed by atoms with Crippen molar-refractivity contribution in [3.63, 3.8) is 0 Å². The third-order valence-corrected chi connectivity index (χ3v) is 1.19. The van der Waals surface area contributed by atoms with Gasteiger partial charge in [0.2, 0.25) is 0 Å². The lowest BCUT2D eigenvalue weighted by Gasteiger charge is -1.86. The van der Waals surface area contributed by atoms with Gasteiger partial charge >= 0.3 is 0 Å². The van der Waals surface area contributed by atoms with Gasteiger partial charge in [-0.1, -0.05) is 6.07 Å². The molecule has 0 saturated heterocycles. The molecule has 1 aromatic heterocycles. The number of nitrogens with one attached hydrogen (secondary N) is 1. The van der Waals surface area contributed by atoms with Gasteiger partial charge < -0.3 is 0 Å². The fourth-order valence-corrected chi connectivity index (χ4v) is 0.668. The third kappa shape index (κ3) is 1.21. The molecule has 8 heavy (non-hydrogen) atoms. The van der Waals surface area contributed by atoms with Gasteiger partial charge in [-0.05, 0) is 24.1 Å². The van der Waals surface area contributed by atoms with Crippen LogP contribution in [-0.2, 0) is 0 Å². The van der Waals surface area contributed by atoms with E-state index in [4.69, 9.17) is 5.14 Å². The summed E-state index contributed by atoms with van der Waals surface area (Å²) in [6.07, 6.45) is 1.68. The molecule has 41 valence electrons. The maximum Gasteiger partial charge on any atom is 0.112 e. The molecule has 0 fully saturated rings. The zero-order valence-corrected chi connectivity index (χ0v) is 4.98. The fraction of sp³-hybridized carbons (Fsp3) is 0. The largest absolute Gasteiger partial charge is 0.249 e. The van der Waals surface area contributed by atoms with Crippen molar-refractivity contribution in [3.05, 3.63) is 24.4 Å². The van der Waals surface area contributed by atoms with E-state index in [0.717, 1.165) is 17.0 Å². The highest BCUT2D eigenvalue weighted by Crippen LogP contribution is 2.05. The average Bonchev–Trinajstić information content (AvgIpc) is 1.90. The van der Waals surface area contributed by atoms with Gasteiger partial charge in [-0.3, -0.25) is 0 Å². The molecule has 3 heteroatoms. The van der Waals surface area contributed by atoms with E-state index in [1.165, 1.54) is 0 Å². The van der Waals surface area contributed by atoms with Crippen LogP contribution in [-0.4, -0.2) is 4.98 Å². The molecule has 2 nitrogen and oxygen atoms in total. The Balaban J connectivity index is 2.83. The van der Waals surface area contributed by atoms with E-state index in [9.17, 15) is 0 Å². The first-order valence-electron chi connectivity index (χ1n) is 2.18. The van der Waals surface area contributed by atoms with Crippen molar-refractivity contribution in [2.24, 2.45) is 0 Å². The Hall–Kier alpha value is -0.540. The molecule has 1 heterocycles. The van der Waals surface area contributed by atoms with Crippen molar-refractivity contribution in [1.29, 1.82) is 0 Å². The summed E-state index contributed by atoms with van der Waals surface area (Å²) in [4.78, 5) is 3.87. The predicted octanol–water partition coefficient (Wildman–Crippen LogP) is 1.37. The maximum atomic E-state index is 6.80. The van der Waals surface area contributed by atoms with Crippen LogP contribution in [0, 0.1) is 0 Å². The Morgan fingerprint density at radius 1 is 1.50 bits per heavy atom. The van der Waals surface area contributed by atoms with Crippen molar-refractivity contribution in [3.8, 4) is 0 Å². The van der Waals surface area contributed by atoms with E-state index in [2.05, 4.69) is 4.98 Å². The number of rotatable bonds is 1. The van der Waals surface area contributed by atoms with Crippen LogP contribution in [0.4, 0.5) is 0 Å². The highest BCUT2D eigenvalue weighted by atomic mass is 32.2. The molecular formula is C5H5N2S. The van der Waals surface area contributed by atoms with E-state index in [-0.39, 0.29) is 0 Å². The summed E-state index contributed by atoms with van der Waals surface area (Å²) in [5, 5.41) is 7.54. The first-order valence-corrected chi connectivity index (χ1v) is 3.00. The summed E-state index contributed by atoms with van der Waals surface area (Å²) in [6, 6.07) is 5.50. The lowest BCUT2D eigenvalue weighted by molar-refractivity contribution is 1.13. The molecule has 0 aliphatic rings. The smallest absolute Gasteiger partial charge is 0.112 e. The lowest BCUT2D eigenvalue weighted by Crippen LogP contribution is -1.73. The molecule has 0 spiro atoms. The van der Waals surface area contributed by atoms with Gasteiger partial charge in [-0.25, -0.2) is 4.98 Å². The standard InChI is InChI=1S/C5H5N2S/c6-8-5-3-1-2-4-7-5/h1-4,6H. The molecule has 0 amide bonds. The van der Waals surface area contributed by atoms with Gasteiger partial charge in [-0.2, -0.15) is 5.14 Å². The third-order valence-electron chi connectivity index (χ3n) is 0.742. The Morgan fingerprint density at radius 3 is 2.75 bits per heavy atom. The number of pyridine rings is 1. The van der Waals surface area contributed by atoms with Crippen LogP contribution < -0.4 is 5.14 Å². The van der Waals surface area contributed by atoms with Crippen LogP contribution in [0.5, 0.6) is 0 Å². The normalized spacial score (nSPS) is 9.12. The van der Waals surface area contributed by atoms with E-state index in [0.29, 0.717) is 0 Å². The summed E-state index contributed by atoms with van der Waals surface area (Å²) < 4.78 is 0. The fourth-order valence-electron chi connectivity index (χ4n) is 0.407. The predicted molar refractivity (Wildman–Crippen MR) is 33.2 cm³/mol. The Kier molecular flexibility index (Phi) is 1.88. The average molecular weight is 125 g/mol. The van der Waals surface area contributed by atoms with Gasteiger partial charge in [-0.15, -0.1) is 0 Å². The second-order valence-electron chi connectivity index (χ2n) is 1.27. The number of hydrogen-bond acceptors (Lipinski definition) is 2. The summed E-state index contributed by atoms with van der Waals surface area (Å²) in [7, 11) is 0. The van der Waals surface area contributed by atoms with Gasteiger partial charge in [0.1, 0.15) is 5.03 Å². The number of hydrogen-bond donors (Lipinski definition) is 0. The van der Waals surface area contributed by atoms with Crippen molar-refractivity contribution in [2.45, 2.75) is 5.03 Å². The van der Waals surface area contributed by atoms with Gasteiger partial charge in [0.25, 0.3) is 0 Å². The first kappa shape index (κ1) is 5.59. The second-order valence-corrected chi connectivity index (χ2v) is 1.89. The second kappa shape index (κ2) is 2.69. The van der Waals surface area contributed by atoms with Crippen LogP contribution in [0.2, 0.25) is 0 Å². The molecule has 0 aliphatic heterocycles. The van der Waals surface area contributed by atoms with Crippen molar-refractivity contribution >= 4 is 11.9 Å². The van der Waals surface area contributed by atoms with Crippen molar-refractivity contribution < 1.29 is 0 Å². The Labute approximate surface area is 52.2 Å². The summed E-state index contributed by atoms with van der Waals surface area (Å²) >= 11 is 0.908. The maximum absolute atomic E-state index is 6.80. The monoisotopic (exact) mass is 125 g/mol. The Bertz CT molecular complexity index is 152. The molecule has 1 rings (SSSR count). The molecule has 1 aromatic rings. The summed E-state index contributed by atoms with van der Waals surface area (Å²) in [5.74, 6) is 0. The van der Waals surface area contributed by atoms with Crippen LogP contribution >= 0.6 is 11.9 Å². The van der Waals surface area contributed by atoms with E-state index in [1.54, 1.807) is 12.3 Å². The van der Waals surface area contributed by atoms with E-state index >= 15 is 0 Å². The molecular weight excluding hydrogens is 120 g/mol. The van der Waals surface area contributed by atoms with Crippen molar-refractivity contribution in [1.82, 2.24) is 10.1 Å². The molecule has 0 atom stereocenters. The molecule has 0 bridgehead atoms. The molecule has 1 N–H and O–H groups in total. The van der Waals surface area contributed by atoms with Crippen molar-refractivity contribution in [2.75, 3.05) is 0 Å². The minimum Gasteiger partial charge on any atom is -0.249 e. The van der Waals surface area contributed by atoms with Crippen LogP contribution in [0.3, 0.4) is 0 Å². The highest BCUT2D eigenvalue weighted by molar-refractivity contribution is 7.96. The Morgan fingerprint density at radius 2 is 2.38 bits per heavy atom. The highest BCUT2D eigenvalue weighted by Gasteiger charge is 1.83. The summed E-state index contributed by atoms with van der Waals surface area (Å²) in [6.45, 7) is 0. The molecule has 0 unspecified atom stereocenters. The molecule has 0 saturated carbocycles. The molecule has 1 radical (unpaired) electrons. The van der Waals surface area contributed by atoms with Crippen LogP contribution in [0.1, 0.15) is 0 Å². The number of aromatic nitrogens is 1. The quantitative estimate of drug-likeness (QED) is 0.531. The zero-order chi connectivity index (χ0) is 5.82. The SMILES string of the molecule is [NH]Sc1ccccn1. The van der Waals surface area contributed by atoms with Crippen LogP contribution in [0.15, 0.2) is 29.4 Å². The van der Waals surface area contributed by atoms with E-state index < -0.39 is 0 Å². The zero-order valence-electron chi connectivity index (χ0n) is 4.16. The van der Waals surface area contributed by atoms with Gasteiger partial charge in [0.05, 0.1) is 0 Å². The minimum absolute atomic E-state index is 0.743. The first-order chi connectivity index (χ1) is 3.93. The van der Waals surface area contributed by atoms with Crippen LogP contribution in [0.25, 0.3) is 0 Å². The van der Waals surface area contributed by atoms with Gasteiger partial charge in [0, 0.05) is 6.20 Å². The molecule has 0 aromatic carbocycles. The minimum atomic E-state index is 0.743. The molecule has 0 aliphatic carbocycles. The summed E-state index contributed by atoms with van der Waals surface area (Å²) in [5.41, 5.74) is 0. The van der Waals surface area contributed by atoms with E-state index in [1.807, 2.05) is 12.1 Å². The lowest BCUT2D eigenvalue weighted by atomic mass is 10.5. The topological polar surface area (TPSA) is 36.7 Å². The van der Waals surface area contributed by atoms with Gasteiger partial charge in [0.15, 0.2) is 0 Å². The number of nitrogens with zero attached hydrogens (tertiary/aromatic N) is 1.